The lowest BCUT2D eigenvalue weighted by molar-refractivity contribution is 0.00200. The summed E-state index contributed by atoms with van der Waals surface area (Å²) in [7, 11) is 0. The van der Waals surface area contributed by atoms with Gasteiger partial charge in [-0.05, 0) is 62.1 Å². The molecule has 0 bridgehead atoms. The van der Waals surface area contributed by atoms with E-state index in [1.165, 1.54) is 0 Å². The summed E-state index contributed by atoms with van der Waals surface area (Å²) in [5.74, 6) is -0.350. The van der Waals surface area contributed by atoms with Crippen LogP contribution in [0.2, 0.25) is 0 Å². The maximum Gasteiger partial charge on any atom is 0.425 e. The van der Waals surface area contributed by atoms with Crippen LogP contribution in [0.4, 0.5) is 9.59 Å². The number of nitrogens with zero attached hydrogens (tertiary/aromatic N) is 3. The highest BCUT2D eigenvalue weighted by Crippen LogP contribution is 2.27. The van der Waals surface area contributed by atoms with E-state index in [1.54, 1.807) is 55.4 Å². The highest BCUT2D eigenvalue weighted by atomic mass is 16.6. The molecule has 2 amide bonds. The molecule has 0 atom stereocenters. The molecule has 0 heterocycles. The van der Waals surface area contributed by atoms with Crippen molar-refractivity contribution in [2.45, 2.75) is 72.2 Å². The summed E-state index contributed by atoms with van der Waals surface area (Å²) in [6.07, 6.45) is -2.04. The Kier molecular flexibility index (Phi) is 7.39. The number of hydrogen-bond donors (Lipinski definition) is 1. The number of aliphatic imine (C=N–C) groups is 1. The second kappa shape index (κ2) is 8.20. The summed E-state index contributed by atoms with van der Waals surface area (Å²) in [6.45, 7) is 19.7. The smallest absolute Gasteiger partial charge is 0.425 e. The van der Waals surface area contributed by atoms with Crippen molar-refractivity contribution in [2.24, 2.45) is 15.9 Å². The number of amides is 2. The Hall–Kier alpha value is -2.58. The van der Waals surface area contributed by atoms with E-state index in [0.717, 1.165) is 0 Å². The minimum absolute atomic E-state index is 0.0124. The summed E-state index contributed by atoms with van der Waals surface area (Å²) in [6, 6.07) is 0. The molecule has 0 radical (unpaired) electrons. The first-order valence-electron chi connectivity index (χ1n) is 7.93. The molecule has 9 heteroatoms. The number of ether oxygens (including phenoxy) is 2. The molecule has 0 fully saturated rings. The van der Waals surface area contributed by atoms with E-state index in [2.05, 4.69) is 23.6 Å². The van der Waals surface area contributed by atoms with Crippen molar-refractivity contribution < 1.29 is 23.9 Å². The Labute approximate surface area is 154 Å². The number of imide groups is 1. The van der Waals surface area contributed by atoms with Crippen LogP contribution in [-0.2, 0) is 14.3 Å². The molecule has 0 saturated heterocycles. The third kappa shape index (κ3) is 7.12. The van der Waals surface area contributed by atoms with Crippen molar-refractivity contribution in [3.05, 3.63) is 11.5 Å². The molecule has 26 heavy (non-hydrogen) atoms. The molecule has 0 rings (SSSR count). The van der Waals surface area contributed by atoms with Gasteiger partial charge in [0.15, 0.2) is 5.60 Å². The van der Waals surface area contributed by atoms with Crippen molar-refractivity contribution in [2.75, 3.05) is 0 Å². The minimum atomic E-state index is -1.21. The van der Waals surface area contributed by atoms with E-state index < -0.39 is 29.0 Å². The van der Waals surface area contributed by atoms with Gasteiger partial charge in [0.2, 0.25) is 0 Å². The van der Waals surface area contributed by atoms with Crippen LogP contribution in [0, 0.1) is 0 Å². The van der Waals surface area contributed by atoms with Crippen LogP contribution >= 0.6 is 0 Å². The zero-order valence-corrected chi connectivity index (χ0v) is 16.9. The number of nitrogens with two attached hydrogens (primary N) is 1. The van der Waals surface area contributed by atoms with Gasteiger partial charge < -0.3 is 20.0 Å². The van der Waals surface area contributed by atoms with Gasteiger partial charge in [-0.25, -0.2) is 9.59 Å². The first-order chi connectivity index (χ1) is 11.6. The monoisotopic (exact) mass is 370 g/mol. The summed E-state index contributed by atoms with van der Waals surface area (Å²) in [5, 5.41) is 3.35. The number of oxime groups is 1. The summed E-state index contributed by atoms with van der Waals surface area (Å²) >= 11 is 0. The molecule has 0 aliphatic heterocycles. The Morgan fingerprint density at radius 3 is 1.54 bits per heavy atom. The van der Waals surface area contributed by atoms with E-state index in [1.807, 2.05) is 0 Å². The largest absolute Gasteiger partial charge is 0.443 e. The van der Waals surface area contributed by atoms with Gasteiger partial charge >= 0.3 is 12.2 Å². The molecule has 0 aliphatic carbocycles. The second-order valence-corrected chi connectivity index (χ2v) is 7.92. The first kappa shape index (κ1) is 23.4. The van der Waals surface area contributed by atoms with Gasteiger partial charge in [-0.3, -0.25) is 4.99 Å². The normalized spacial score (nSPS) is 13.2. The predicted octanol–water partition coefficient (Wildman–Crippen LogP) is 3.40. The Balaban J connectivity index is 6.23. The van der Waals surface area contributed by atoms with Crippen molar-refractivity contribution in [1.82, 2.24) is 4.90 Å². The molecule has 0 saturated carbocycles. The summed E-state index contributed by atoms with van der Waals surface area (Å²) in [4.78, 5) is 34.6. The third-order valence-corrected chi connectivity index (χ3v) is 2.66. The fraction of sp³-hybridized carbons (Fsp3) is 0.647. The summed E-state index contributed by atoms with van der Waals surface area (Å²) in [5.41, 5.74) is 3.10. The lowest BCUT2D eigenvalue weighted by Gasteiger charge is -2.31. The predicted molar refractivity (Wildman–Crippen MR) is 99.8 cm³/mol. The van der Waals surface area contributed by atoms with Crippen LogP contribution in [0.5, 0.6) is 0 Å². The lowest BCUT2D eigenvalue weighted by Crippen LogP contribution is -2.46. The average Bonchev–Trinajstić information content (AvgIpc) is 2.33. The highest BCUT2D eigenvalue weighted by molar-refractivity contribution is 5.90. The average molecular weight is 370 g/mol. The van der Waals surface area contributed by atoms with Gasteiger partial charge in [0.05, 0.1) is 0 Å². The molecule has 0 aliphatic rings. The quantitative estimate of drug-likeness (QED) is 0.586. The molecular formula is C17H30N4O5. The fourth-order valence-corrected chi connectivity index (χ4v) is 1.78. The number of rotatable bonds is 5. The van der Waals surface area contributed by atoms with Crippen LogP contribution in [-0.4, -0.2) is 47.3 Å². The van der Waals surface area contributed by atoms with Crippen molar-refractivity contribution in [3.63, 3.8) is 0 Å². The lowest BCUT2D eigenvalue weighted by atomic mass is 10.1. The molecule has 0 aromatic rings. The number of hydrogen-bond acceptors (Lipinski definition) is 8. The Morgan fingerprint density at radius 2 is 1.27 bits per heavy atom. The number of carbonyl (C=O) groups is 2. The van der Waals surface area contributed by atoms with Crippen molar-refractivity contribution in [3.8, 4) is 0 Å². The van der Waals surface area contributed by atoms with Crippen LogP contribution in [0.25, 0.3) is 0 Å². The first-order valence-corrected chi connectivity index (χ1v) is 7.93. The molecule has 0 aromatic carbocycles. The van der Waals surface area contributed by atoms with Gasteiger partial charge in [-0.15, -0.1) is 5.16 Å². The molecule has 0 spiro atoms. The zero-order chi connectivity index (χ0) is 20.9. The third-order valence-electron chi connectivity index (χ3n) is 2.66. The standard InChI is InChI=1S/C17H30N4O5/c1-15(2,3)24-13(22)21(14(23)25-16(4,5)6)12(18)11(19-9)17(7,8)26-20-10/h9-10,18H2,1-8H3/b12-11+. The molecule has 0 aromatic heterocycles. The van der Waals surface area contributed by atoms with Crippen molar-refractivity contribution in [1.29, 1.82) is 0 Å². The highest BCUT2D eigenvalue weighted by Gasteiger charge is 2.38. The fourth-order valence-electron chi connectivity index (χ4n) is 1.78. The topological polar surface area (TPSA) is 116 Å². The van der Waals surface area contributed by atoms with E-state index >= 15 is 0 Å². The van der Waals surface area contributed by atoms with Crippen LogP contribution in [0.3, 0.4) is 0 Å². The van der Waals surface area contributed by atoms with Crippen LogP contribution < -0.4 is 5.73 Å². The molecule has 148 valence electrons. The van der Waals surface area contributed by atoms with E-state index in [4.69, 9.17) is 20.0 Å². The number of carbonyl (C=O) groups excluding carboxylic acids is 2. The second-order valence-electron chi connectivity index (χ2n) is 7.92. The molecular weight excluding hydrogens is 340 g/mol. The molecule has 2 N–H and O–H groups in total. The zero-order valence-electron chi connectivity index (χ0n) is 16.9. The van der Waals surface area contributed by atoms with Gasteiger partial charge in [0, 0.05) is 6.72 Å². The van der Waals surface area contributed by atoms with Crippen LogP contribution in [0.1, 0.15) is 55.4 Å². The van der Waals surface area contributed by atoms with E-state index in [-0.39, 0.29) is 11.5 Å². The van der Waals surface area contributed by atoms with Crippen molar-refractivity contribution >= 4 is 25.6 Å². The van der Waals surface area contributed by atoms with Gasteiger partial charge in [0.1, 0.15) is 22.7 Å². The Bertz CT molecular complexity index is 569. The van der Waals surface area contributed by atoms with Crippen LogP contribution in [0.15, 0.2) is 21.7 Å². The Morgan fingerprint density at radius 1 is 0.885 bits per heavy atom. The van der Waals surface area contributed by atoms with Gasteiger partial charge in [-0.1, -0.05) is 0 Å². The van der Waals surface area contributed by atoms with Gasteiger partial charge in [-0.2, -0.15) is 4.90 Å². The maximum absolute atomic E-state index is 12.6. The minimum Gasteiger partial charge on any atom is -0.443 e. The maximum atomic E-state index is 12.6. The molecule has 9 nitrogen and oxygen atoms in total. The summed E-state index contributed by atoms with van der Waals surface area (Å²) < 4.78 is 10.5. The van der Waals surface area contributed by atoms with E-state index in [9.17, 15) is 9.59 Å². The van der Waals surface area contributed by atoms with E-state index in [0.29, 0.717) is 4.90 Å². The SMILES string of the molecule is C=NOC(C)(C)/C(N=C)=C(/N)N(C(=O)OC(C)(C)C)C(=O)OC(C)(C)C. The van der Waals surface area contributed by atoms with Gasteiger partial charge in [0.25, 0.3) is 0 Å². The molecule has 0 unspecified atom stereocenters.